The number of nitrogens with one attached hydrogen (secondary N) is 1. The molecule has 3 fully saturated rings. The zero-order valence-electron chi connectivity index (χ0n) is 12.5. The average Bonchev–Trinajstić information content (AvgIpc) is 2.95. The van der Waals surface area contributed by atoms with Crippen molar-refractivity contribution in [3.8, 4) is 0 Å². The minimum Gasteiger partial charge on any atom is -0.469 e. The molecule has 0 unspecified atom stereocenters. The van der Waals surface area contributed by atoms with Crippen LogP contribution in [0.3, 0.4) is 0 Å². The van der Waals surface area contributed by atoms with Gasteiger partial charge in [0.05, 0.1) is 12.3 Å². The normalized spacial score (nSPS) is 31.3. The maximum Gasteiger partial charge on any atom is 0.317 e. The molecule has 4 rings (SSSR count). The van der Waals surface area contributed by atoms with Gasteiger partial charge in [-0.1, -0.05) is 0 Å². The minimum absolute atomic E-state index is 0.0131. The van der Waals surface area contributed by atoms with Gasteiger partial charge in [0, 0.05) is 38.0 Å². The second-order valence-electron chi connectivity index (χ2n) is 6.47. The summed E-state index contributed by atoms with van der Waals surface area (Å²) in [6.07, 6.45) is 4.51. The number of rotatable bonds is 3. The third-order valence-corrected chi connectivity index (χ3v) is 5.06. The van der Waals surface area contributed by atoms with Gasteiger partial charge in [-0.15, -0.1) is 0 Å². The molecule has 1 aromatic heterocycles. The molecule has 6 nitrogen and oxygen atoms in total. The Balaban J connectivity index is 1.38. The second-order valence-corrected chi connectivity index (χ2v) is 6.47. The first-order valence-corrected chi connectivity index (χ1v) is 8.10. The zero-order chi connectivity index (χ0) is 15.1. The lowest BCUT2D eigenvalue weighted by Gasteiger charge is -2.37. The van der Waals surface area contributed by atoms with Crippen LogP contribution in [0.2, 0.25) is 0 Å². The van der Waals surface area contributed by atoms with Crippen molar-refractivity contribution in [3.05, 3.63) is 24.2 Å². The Morgan fingerprint density at radius 3 is 3.00 bits per heavy atom. The summed E-state index contributed by atoms with van der Waals surface area (Å²) in [5.74, 6) is 1.46. The maximum absolute atomic E-state index is 12.7. The lowest BCUT2D eigenvalue weighted by molar-refractivity contribution is -0.134. The van der Waals surface area contributed by atoms with E-state index in [0.717, 1.165) is 38.1 Å². The minimum atomic E-state index is 0.0131. The van der Waals surface area contributed by atoms with E-state index in [1.165, 1.54) is 0 Å². The van der Waals surface area contributed by atoms with Gasteiger partial charge in [-0.3, -0.25) is 4.79 Å². The van der Waals surface area contributed by atoms with Gasteiger partial charge in [0.15, 0.2) is 0 Å². The van der Waals surface area contributed by atoms with Gasteiger partial charge in [-0.25, -0.2) is 4.79 Å². The van der Waals surface area contributed by atoms with Crippen molar-refractivity contribution in [2.75, 3.05) is 26.2 Å². The molecule has 6 heteroatoms. The number of amides is 3. The third kappa shape index (κ3) is 2.36. The predicted molar refractivity (Wildman–Crippen MR) is 79.3 cm³/mol. The fourth-order valence-corrected chi connectivity index (χ4v) is 3.76. The van der Waals surface area contributed by atoms with Crippen LogP contribution < -0.4 is 5.32 Å². The fourth-order valence-electron chi connectivity index (χ4n) is 3.76. The number of carbonyl (C=O) groups is 2. The first kappa shape index (κ1) is 13.7. The smallest absolute Gasteiger partial charge is 0.317 e. The monoisotopic (exact) mass is 303 g/mol. The van der Waals surface area contributed by atoms with Gasteiger partial charge in [0.1, 0.15) is 5.76 Å². The molecule has 3 aliphatic rings. The van der Waals surface area contributed by atoms with Gasteiger partial charge in [0.2, 0.25) is 5.91 Å². The number of carbonyl (C=O) groups excluding carboxylic acids is 2. The van der Waals surface area contributed by atoms with E-state index in [1.807, 2.05) is 21.9 Å². The summed E-state index contributed by atoms with van der Waals surface area (Å²) in [7, 11) is 0. The standard InChI is InChI=1S/C16H21N3O3/c20-15(13-9-12(13)14-4-2-8-22-14)18-6-1-3-11(10-18)19-7-5-17-16(19)21/h2,4,8,11-13H,1,3,5-7,9-10H2,(H,17,21)/t11-,12+,13-/m1/s1. The van der Waals surface area contributed by atoms with E-state index < -0.39 is 0 Å². The summed E-state index contributed by atoms with van der Waals surface area (Å²) in [6, 6.07) is 4.00. The average molecular weight is 303 g/mol. The summed E-state index contributed by atoms with van der Waals surface area (Å²) >= 11 is 0. The molecule has 2 saturated heterocycles. The highest BCUT2D eigenvalue weighted by molar-refractivity contribution is 5.83. The molecule has 0 aromatic carbocycles. The summed E-state index contributed by atoms with van der Waals surface area (Å²) in [5.41, 5.74) is 0. The third-order valence-electron chi connectivity index (χ3n) is 5.06. The molecule has 1 aromatic rings. The fraction of sp³-hybridized carbons (Fsp3) is 0.625. The predicted octanol–water partition coefficient (Wildman–Crippen LogP) is 1.40. The molecule has 1 saturated carbocycles. The Bertz CT molecular complexity index is 571. The van der Waals surface area contributed by atoms with E-state index >= 15 is 0 Å². The molecule has 0 spiro atoms. The van der Waals surface area contributed by atoms with Crippen molar-refractivity contribution in [2.24, 2.45) is 5.92 Å². The molecule has 0 bridgehead atoms. The molecule has 0 radical (unpaired) electrons. The van der Waals surface area contributed by atoms with Crippen LogP contribution in [0.15, 0.2) is 22.8 Å². The quantitative estimate of drug-likeness (QED) is 0.918. The number of likely N-dealkylation sites (tertiary alicyclic amines) is 1. The largest absolute Gasteiger partial charge is 0.469 e. The SMILES string of the molecule is O=C([C@@H]1C[C@@H]1c1ccco1)N1CCC[C@@H](N2CCNC2=O)C1. The van der Waals surface area contributed by atoms with Crippen LogP contribution in [0.5, 0.6) is 0 Å². The van der Waals surface area contributed by atoms with Gasteiger partial charge in [0.25, 0.3) is 0 Å². The van der Waals surface area contributed by atoms with Crippen molar-refractivity contribution in [3.63, 3.8) is 0 Å². The zero-order valence-corrected chi connectivity index (χ0v) is 12.5. The summed E-state index contributed by atoms with van der Waals surface area (Å²) in [6.45, 7) is 2.95. The highest BCUT2D eigenvalue weighted by Crippen LogP contribution is 2.48. The highest BCUT2D eigenvalue weighted by atomic mass is 16.3. The number of hydrogen-bond acceptors (Lipinski definition) is 3. The van der Waals surface area contributed by atoms with Gasteiger partial charge >= 0.3 is 6.03 Å². The number of furan rings is 1. The topological polar surface area (TPSA) is 65.8 Å². The highest BCUT2D eigenvalue weighted by Gasteiger charge is 2.48. The van der Waals surface area contributed by atoms with Crippen molar-refractivity contribution >= 4 is 11.9 Å². The number of urea groups is 1. The van der Waals surface area contributed by atoms with Crippen LogP contribution >= 0.6 is 0 Å². The Kier molecular flexibility index (Phi) is 3.32. The van der Waals surface area contributed by atoms with E-state index in [-0.39, 0.29) is 29.8 Å². The van der Waals surface area contributed by atoms with Crippen LogP contribution in [0.4, 0.5) is 4.79 Å². The van der Waals surface area contributed by atoms with E-state index in [0.29, 0.717) is 13.1 Å². The van der Waals surface area contributed by atoms with Gasteiger partial charge in [-0.2, -0.15) is 0 Å². The summed E-state index contributed by atoms with van der Waals surface area (Å²) in [4.78, 5) is 28.3. The molecule has 3 atom stereocenters. The number of nitrogens with zero attached hydrogens (tertiary/aromatic N) is 2. The molecule has 118 valence electrons. The molecular weight excluding hydrogens is 282 g/mol. The van der Waals surface area contributed by atoms with Crippen LogP contribution in [0, 0.1) is 5.92 Å². The Labute approximate surface area is 129 Å². The first-order valence-electron chi connectivity index (χ1n) is 8.10. The van der Waals surface area contributed by atoms with E-state index in [2.05, 4.69) is 5.32 Å². The maximum atomic E-state index is 12.7. The van der Waals surface area contributed by atoms with E-state index in [4.69, 9.17) is 4.42 Å². The lowest BCUT2D eigenvalue weighted by Crippen LogP contribution is -2.51. The van der Waals surface area contributed by atoms with Gasteiger partial charge < -0.3 is 19.5 Å². The first-order chi connectivity index (χ1) is 10.7. The molecule has 22 heavy (non-hydrogen) atoms. The Morgan fingerprint density at radius 1 is 1.36 bits per heavy atom. The molecule has 2 aliphatic heterocycles. The summed E-state index contributed by atoms with van der Waals surface area (Å²) < 4.78 is 5.41. The van der Waals surface area contributed by atoms with Crippen LogP contribution in [0.1, 0.15) is 30.9 Å². The molecule has 3 heterocycles. The van der Waals surface area contributed by atoms with Crippen LogP contribution in [-0.4, -0.2) is 54.0 Å². The molecule has 1 aliphatic carbocycles. The second kappa shape index (κ2) is 5.34. The van der Waals surface area contributed by atoms with E-state index in [9.17, 15) is 9.59 Å². The van der Waals surface area contributed by atoms with E-state index in [1.54, 1.807) is 6.26 Å². The van der Waals surface area contributed by atoms with Crippen molar-refractivity contribution < 1.29 is 14.0 Å². The summed E-state index contributed by atoms with van der Waals surface area (Å²) in [5, 5.41) is 2.84. The molecule has 3 amide bonds. The van der Waals surface area contributed by atoms with Crippen LogP contribution in [-0.2, 0) is 4.79 Å². The van der Waals surface area contributed by atoms with Crippen molar-refractivity contribution in [2.45, 2.75) is 31.2 Å². The lowest BCUT2D eigenvalue weighted by atomic mass is 10.0. The molecular formula is C16H21N3O3. The number of piperidine rings is 1. The van der Waals surface area contributed by atoms with Gasteiger partial charge in [-0.05, 0) is 31.4 Å². The van der Waals surface area contributed by atoms with Crippen LogP contribution in [0.25, 0.3) is 0 Å². The molecule has 1 N–H and O–H groups in total. The van der Waals surface area contributed by atoms with Crippen molar-refractivity contribution in [1.82, 2.24) is 15.1 Å². The Hall–Kier alpha value is -1.98. The van der Waals surface area contributed by atoms with Crippen molar-refractivity contribution in [1.29, 1.82) is 0 Å². The Morgan fingerprint density at radius 2 is 2.27 bits per heavy atom. The number of hydrogen-bond donors (Lipinski definition) is 1.